The number of ether oxygens (including phenoxy) is 1. The summed E-state index contributed by atoms with van der Waals surface area (Å²) in [5.74, 6) is -0.634. The van der Waals surface area contributed by atoms with Crippen molar-refractivity contribution in [1.82, 2.24) is 19.1 Å². The largest absolute Gasteiger partial charge is 0.473 e. The van der Waals surface area contributed by atoms with Crippen LogP contribution in [0.15, 0.2) is 30.6 Å². The van der Waals surface area contributed by atoms with Crippen LogP contribution in [0.1, 0.15) is 24.6 Å². The lowest BCUT2D eigenvalue weighted by molar-refractivity contribution is 0.173. The minimum Gasteiger partial charge on any atom is -0.473 e. The molecule has 1 unspecified atom stereocenters. The van der Waals surface area contributed by atoms with Crippen molar-refractivity contribution in [3.8, 4) is 5.88 Å². The van der Waals surface area contributed by atoms with Gasteiger partial charge in [-0.3, -0.25) is 4.68 Å². The maximum absolute atomic E-state index is 13.6. The molecule has 1 fully saturated rings. The van der Waals surface area contributed by atoms with Crippen LogP contribution in [0.4, 0.5) is 4.39 Å². The molecule has 2 aromatic heterocycles. The van der Waals surface area contributed by atoms with Gasteiger partial charge in [0, 0.05) is 18.9 Å². The molecule has 0 radical (unpaired) electrons. The van der Waals surface area contributed by atoms with Crippen LogP contribution in [0.2, 0.25) is 0 Å². The maximum Gasteiger partial charge on any atom is 0.250 e. The van der Waals surface area contributed by atoms with E-state index in [2.05, 4.69) is 10.1 Å². The minimum atomic E-state index is -3.29. The first-order valence-corrected chi connectivity index (χ1v) is 9.30. The van der Waals surface area contributed by atoms with Crippen molar-refractivity contribution in [2.45, 2.75) is 30.7 Å². The van der Waals surface area contributed by atoms with E-state index in [0.717, 1.165) is 18.5 Å². The van der Waals surface area contributed by atoms with Crippen LogP contribution in [0.25, 0.3) is 0 Å². The molecule has 0 saturated heterocycles. The average molecular weight is 352 g/mol. The van der Waals surface area contributed by atoms with Gasteiger partial charge in [0.25, 0.3) is 0 Å². The molecule has 24 heavy (non-hydrogen) atoms. The second-order valence-corrected chi connectivity index (χ2v) is 8.27. The molecule has 128 valence electrons. The van der Waals surface area contributed by atoms with Crippen molar-refractivity contribution < 1.29 is 17.5 Å². The molecule has 0 amide bonds. The molecule has 1 aliphatic carbocycles. The molecule has 7 nitrogen and oxygen atoms in total. The van der Waals surface area contributed by atoms with E-state index < -0.39 is 15.8 Å². The summed E-state index contributed by atoms with van der Waals surface area (Å²) in [4.78, 5) is 3.85. The number of hydrogen-bond donors (Lipinski definition) is 0. The summed E-state index contributed by atoms with van der Waals surface area (Å²) in [6.45, 7) is 0.675. The summed E-state index contributed by atoms with van der Waals surface area (Å²) in [6.07, 6.45) is 4.52. The van der Waals surface area contributed by atoms with Crippen LogP contribution in [0, 0.1) is 5.82 Å². The highest BCUT2D eigenvalue weighted by molar-refractivity contribution is 7.90. The molecule has 2 aromatic rings. The first-order valence-electron chi connectivity index (χ1n) is 7.80. The summed E-state index contributed by atoms with van der Waals surface area (Å²) in [5, 5.41) is 3.99. The highest BCUT2D eigenvalue weighted by Gasteiger charge is 2.43. The number of sulfonamides is 1. The van der Waals surface area contributed by atoms with Gasteiger partial charge in [-0.15, -0.1) is 0 Å². The normalized spacial score (nSPS) is 21.5. The van der Waals surface area contributed by atoms with Gasteiger partial charge in [-0.2, -0.15) is 9.40 Å². The molecule has 0 spiro atoms. The van der Waals surface area contributed by atoms with Gasteiger partial charge >= 0.3 is 0 Å². The summed E-state index contributed by atoms with van der Waals surface area (Å²) in [5.41, 5.74) is 0.806. The average Bonchev–Trinajstić information content (AvgIpc) is 3.32. The Morgan fingerprint density at radius 1 is 1.29 bits per heavy atom. The predicted octanol–water partition coefficient (Wildman–Crippen LogP) is 1.35. The molecule has 1 atom stereocenters. The third-order valence-corrected chi connectivity index (χ3v) is 6.61. The third kappa shape index (κ3) is 2.78. The molecule has 4 rings (SSSR count). The highest BCUT2D eigenvalue weighted by Crippen LogP contribution is 2.34. The van der Waals surface area contributed by atoms with E-state index in [1.165, 1.54) is 22.6 Å². The molecule has 2 aliphatic rings. The van der Waals surface area contributed by atoms with Gasteiger partial charge in [-0.05, 0) is 31.0 Å². The Morgan fingerprint density at radius 2 is 2.12 bits per heavy atom. The molecular weight excluding hydrogens is 335 g/mol. The monoisotopic (exact) mass is 352 g/mol. The number of fused-ring (bicyclic) bond motifs is 1. The number of hydrogen-bond acceptors (Lipinski definition) is 5. The van der Waals surface area contributed by atoms with E-state index in [9.17, 15) is 12.8 Å². The zero-order valence-electron chi connectivity index (χ0n) is 12.9. The topological polar surface area (TPSA) is 77.3 Å². The Hall–Kier alpha value is -2.00. The lowest BCUT2D eigenvalue weighted by Gasteiger charge is -2.33. The molecule has 0 aromatic carbocycles. The van der Waals surface area contributed by atoms with Crippen molar-refractivity contribution in [1.29, 1.82) is 0 Å². The van der Waals surface area contributed by atoms with Crippen LogP contribution >= 0.6 is 0 Å². The summed E-state index contributed by atoms with van der Waals surface area (Å²) in [7, 11) is -3.29. The molecular formula is C15H17FN4O3S. The fourth-order valence-corrected chi connectivity index (χ4v) is 4.75. The Bertz CT molecular complexity index is 850. The van der Waals surface area contributed by atoms with Gasteiger partial charge in [-0.25, -0.2) is 17.8 Å². The Labute approximate surface area is 139 Å². The molecule has 1 aliphatic heterocycles. The highest BCUT2D eigenvalue weighted by atomic mass is 32.2. The van der Waals surface area contributed by atoms with Crippen molar-refractivity contribution in [2.24, 2.45) is 0 Å². The number of pyridine rings is 1. The van der Waals surface area contributed by atoms with Gasteiger partial charge < -0.3 is 4.74 Å². The summed E-state index contributed by atoms with van der Waals surface area (Å²) in [6, 6.07) is 4.23. The van der Waals surface area contributed by atoms with Crippen molar-refractivity contribution in [3.63, 3.8) is 0 Å². The van der Waals surface area contributed by atoms with Gasteiger partial charge in [0.1, 0.15) is 12.6 Å². The second kappa shape index (κ2) is 5.82. The lowest BCUT2D eigenvalue weighted by atomic mass is 10.2. The first kappa shape index (κ1) is 15.5. The number of aromatic nitrogens is 3. The quantitative estimate of drug-likeness (QED) is 0.812. The second-order valence-electron chi connectivity index (χ2n) is 6.06. The number of nitrogens with zero attached hydrogens (tertiary/aromatic N) is 4. The van der Waals surface area contributed by atoms with E-state index in [1.807, 2.05) is 0 Å². The van der Waals surface area contributed by atoms with E-state index in [1.54, 1.807) is 16.9 Å². The SMILES string of the molecule is O=S(=O)(C1CC1)N1Cc2ccnn2C(COc2ncccc2F)C1. The Morgan fingerprint density at radius 3 is 2.88 bits per heavy atom. The predicted molar refractivity (Wildman–Crippen MR) is 83.3 cm³/mol. The van der Waals surface area contributed by atoms with E-state index in [4.69, 9.17) is 4.74 Å². The van der Waals surface area contributed by atoms with Crippen LogP contribution < -0.4 is 4.74 Å². The molecule has 3 heterocycles. The lowest BCUT2D eigenvalue weighted by Crippen LogP contribution is -2.44. The summed E-state index contributed by atoms with van der Waals surface area (Å²) < 4.78 is 47.4. The zero-order valence-corrected chi connectivity index (χ0v) is 13.7. The molecule has 0 bridgehead atoms. The fraction of sp³-hybridized carbons (Fsp3) is 0.467. The Balaban J connectivity index is 1.55. The van der Waals surface area contributed by atoms with Gasteiger partial charge in [-0.1, -0.05) is 0 Å². The Kier molecular flexibility index (Phi) is 3.76. The zero-order chi connectivity index (χ0) is 16.7. The summed E-state index contributed by atoms with van der Waals surface area (Å²) >= 11 is 0. The smallest absolute Gasteiger partial charge is 0.250 e. The third-order valence-electron chi connectivity index (χ3n) is 4.29. The number of halogens is 1. The number of rotatable bonds is 5. The van der Waals surface area contributed by atoms with Crippen LogP contribution in [-0.2, 0) is 16.6 Å². The fourth-order valence-electron chi connectivity index (χ4n) is 2.90. The molecule has 0 N–H and O–H groups in total. The van der Waals surface area contributed by atoms with E-state index in [0.29, 0.717) is 6.54 Å². The maximum atomic E-state index is 13.6. The van der Waals surface area contributed by atoms with Crippen molar-refractivity contribution in [2.75, 3.05) is 13.2 Å². The van der Waals surface area contributed by atoms with Crippen molar-refractivity contribution in [3.05, 3.63) is 42.1 Å². The van der Waals surface area contributed by atoms with E-state index >= 15 is 0 Å². The molecule has 9 heteroatoms. The standard InChI is InChI=1S/C15H17FN4O3S/c16-14-2-1-6-17-15(14)23-10-12-9-19(24(21,22)13-3-4-13)8-11-5-7-18-20(11)12/h1-2,5-7,12-13H,3-4,8-10H2. The minimum absolute atomic E-state index is 0.0895. The van der Waals surface area contributed by atoms with Crippen molar-refractivity contribution >= 4 is 10.0 Å². The van der Waals surface area contributed by atoms with Gasteiger partial charge in [0.15, 0.2) is 5.82 Å². The van der Waals surface area contributed by atoms with Gasteiger partial charge in [0.2, 0.25) is 15.9 Å². The van der Waals surface area contributed by atoms with Crippen LogP contribution in [0.3, 0.4) is 0 Å². The van der Waals surface area contributed by atoms with Crippen LogP contribution in [-0.4, -0.2) is 45.9 Å². The van der Waals surface area contributed by atoms with E-state index in [-0.39, 0.29) is 30.3 Å². The molecule has 1 saturated carbocycles. The van der Waals surface area contributed by atoms with Gasteiger partial charge in [0.05, 0.1) is 17.5 Å². The first-order chi connectivity index (χ1) is 11.6. The van der Waals surface area contributed by atoms with Crippen LogP contribution in [0.5, 0.6) is 5.88 Å².